The Bertz CT molecular complexity index is 132. The Kier molecular flexibility index (Phi) is 29.8. The average molecular weight is 564 g/mol. The van der Waals surface area contributed by atoms with Crippen LogP contribution in [0, 0.1) is 17.9 Å². The van der Waals surface area contributed by atoms with Gasteiger partial charge in [0.05, 0.1) is 0 Å². The van der Waals surface area contributed by atoms with E-state index in [-0.39, 0.29) is 42.1 Å². The molecular formula is C14H28W2-2. The normalized spacial score (nSPS) is 8.56. The van der Waals surface area contributed by atoms with Crippen LogP contribution in [0.3, 0.4) is 0 Å². The molecule has 0 aromatic rings. The van der Waals surface area contributed by atoms with Crippen molar-refractivity contribution in [3.8, 4) is 0 Å². The van der Waals surface area contributed by atoms with Crippen molar-refractivity contribution in [1.29, 1.82) is 0 Å². The first-order valence-corrected chi connectivity index (χ1v) is 5.88. The van der Waals surface area contributed by atoms with E-state index in [0.29, 0.717) is 0 Å². The third-order valence-electron chi connectivity index (χ3n) is 2.26. The SMILES string of the molecule is CC[C-](CC)C(C)C.CC[C-]=C(C)C.[W].[W]. The third-order valence-corrected chi connectivity index (χ3v) is 2.26. The zero-order valence-electron chi connectivity index (χ0n) is 12.0. The Hall–Kier alpha value is 1.12. The monoisotopic (exact) mass is 564 g/mol. The largest absolute Gasteiger partial charge is 0.498 e. The van der Waals surface area contributed by atoms with E-state index >= 15 is 0 Å². The van der Waals surface area contributed by atoms with Crippen molar-refractivity contribution in [3.05, 3.63) is 17.6 Å². The molecule has 0 spiro atoms. The van der Waals surface area contributed by atoms with Crippen LogP contribution in [-0.4, -0.2) is 0 Å². The average Bonchev–Trinajstić information content (AvgIpc) is 2.06. The van der Waals surface area contributed by atoms with Gasteiger partial charge in [0.2, 0.25) is 0 Å². The molecule has 0 amide bonds. The van der Waals surface area contributed by atoms with Crippen LogP contribution in [-0.2, 0) is 42.1 Å². The molecule has 0 saturated heterocycles. The fourth-order valence-corrected chi connectivity index (χ4v) is 1.42. The Morgan fingerprint density at radius 3 is 1.38 bits per heavy atom. The second-order valence-corrected chi connectivity index (χ2v) is 4.05. The topological polar surface area (TPSA) is 0 Å². The summed E-state index contributed by atoms with van der Waals surface area (Å²) in [5, 5.41) is 0. The van der Waals surface area contributed by atoms with Gasteiger partial charge in [0.25, 0.3) is 0 Å². The van der Waals surface area contributed by atoms with Crippen molar-refractivity contribution in [1.82, 2.24) is 0 Å². The van der Waals surface area contributed by atoms with Crippen molar-refractivity contribution < 1.29 is 42.1 Å². The van der Waals surface area contributed by atoms with Crippen molar-refractivity contribution in [2.45, 2.75) is 67.7 Å². The third kappa shape index (κ3) is 20.5. The van der Waals surface area contributed by atoms with Crippen LogP contribution in [0.1, 0.15) is 67.7 Å². The number of allylic oxidation sites excluding steroid dienone is 2. The van der Waals surface area contributed by atoms with Crippen molar-refractivity contribution in [2.24, 2.45) is 5.92 Å². The first kappa shape index (κ1) is 25.8. The minimum Gasteiger partial charge on any atom is -0.498 e. The van der Waals surface area contributed by atoms with Gasteiger partial charge in [-0.25, -0.2) is 0 Å². The van der Waals surface area contributed by atoms with Crippen LogP contribution in [0.15, 0.2) is 5.57 Å². The molecule has 0 radical (unpaired) electrons. The van der Waals surface area contributed by atoms with E-state index in [0.717, 1.165) is 12.3 Å². The summed E-state index contributed by atoms with van der Waals surface area (Å²) >= 11 is 0. The zero-order chi connectivity index (χ0) is 11.6. The van der Waals surface area contributed by atoms with Crippen molar-refractivity contribution >= 4 is 0 Å². The fraction of sp³-hybridized carbons (Fsp3) is 0.786. The summed E-state index contributed by atoms with van der Waals surface area (Å²) in [6.07, 6.45) is 6.69. The van der Waals surface area contributed by atoms with Gasteiger partial charge in [0, 0.05) is 42.1 Å². The molecule has 0 aliphatic carbocycles. The summed E-state index contributed by atoms with van der Waals surface area (Å²) in [7, 11) is 0. The van der Waals surface area contributed by atoms with Crippen LogP contribution in [0.2, 0.25) is 0 Å². The van der Waals surface area contributed by atoms with Gasteiger partial charge in [0.1, 0.15) is 0 Å². The fourth-order valence-electron chi connectivity index (χ4n) is 1.42. The van der Waals surface area contributed by atoms with Crippen molar-refractivity contribution in [2.75, 3.05) is 0 Å². The maximum atomic E-state index is 3.12. The van der Waals surface area contributed by atoms with Gasteiger partial charge in [-0.05, 0) is 0 Å². The molecule has 2 heteroatoms. The molecule has 0 N–H and O–H groups in total. The molecule has 0 aromatic carbocycles. The molecule has 0 atom stereocenters. The summed E-state index contributed by atoms with van der Waals surface area (Å²) in [4.78, 5) is 0. The van der Waals surface area contributed by atoms with Gasteiger partial charge < -0.3 is 12.0 Å². The van der Waals surface area contributed by atoms with Gasteiger partial charge in [0.15, 0.2) is 0 Å². The molecule has 0 bridgehead atoms. The van der Waals surface area contributed by atoms with Crippen LogP contribution >= 0.6 is 0 Å². The van der Waals surface area contributed by atoms with Gasteiger partial charge in [-0.2, -0.15) is 25.2 Å². The van der Waals surface area contributed by atoms with E-state index in [1.165, 1.54) is 18.4 Å². The van der Waals surface area contributed by atoms with Crippen LogP contribution in [0.5, 0.6) is 0 Å². The second-order valence-electron chi connectivity index (χ2n) is 4.05. The summed E-state index contributed by atoms with van der Waals surface area (Å²) in [5.74, 6) is 2.48. The van der Waals surface area contributed by atoms with E-state index in [1.54, 1.807) is 5.92 Å². The summed E-state index contributed by atoms with van der Waals surface area (Å²) in [6, 6.07) is 0. The summed E-state index contributed by atoms with van der Waals surface area (Å²) in [6.45, 7) is 15.2. The molecule has 0 fully saturated rings. The summed E-state index contributed by atoms with van der Waals surface area (Å²) in [5.41, 5.74) is 1.29. The molecule has 0 aliphatic heterocycles. The van der Waals surface area contributed by atoms with Crippen LogP contribution in [0.25, 0.3) is 0 Å². The number of hydrogen-bond acceptors (Lipinski definition) is 0. The molecule has 0 saturated carbocycles. The van der Waals surface area contributed by atoms with Crippen LogP contribution in [0.4, 0.5) is 0 Å². The quantitative estimate of drug-likeness (QED) is 0.413. The molecular weight excluding hydrogens is 536 g/mol. The number of hydrogen-bond donors (Lipinski definition) is 0. The molecule has 0 unspecified atom stereocenters. The van der Waals surface area contributed by atoms with E-state index in [1.807, 2.05) is 0 Å². The van der Waals surface area contributed by atoms with Gasteiger partial charge in [-0.15, -0.1) is 0 Å². The summed E-state index contributed by atoms with van der Waals surface area (Å²) < 4.78 is 0. The standard InChI is InChI=1S/C8H17.C6H11.2W/c1-5-8(6-2)7(3)4;1-4-5-6(2)3;;/h7H,5-6H2,1-4H3;4H2,1-3H3;;/q2*-1;;. The maximum absolute atomic E-state index is 3.12. The van der Waals surface area contributed by atoms with E-state index < -0.39 is 0 Å². The predicted molar refractivity (Wildman–Crippen MR) is 67.1 cm³/mol. The molecule has 0 nitrogen and oxygen atoms in total. The maximum Gasteiger partial charge on any atom is 0 e. The predicted octanol–water partition coefficient (Wildman–Crippen LogP) is 5.20. The van der Waals surface area contributed by atoms with E-state index in [9.17, 15) is 0 Å². The molecule has 0 heterocycles. The van der Waals surface area contributed by atoms with Gasteiger partial charge in [-0.3, -0.25) is 5.57 Å². The van der Waals surface area contributed by atoms with Crippen molar-refractivity contribution in [3.63, 3.8) is 0 Å². The Labute approximate surface area is 133 Å². The smallest absolute Gasteiger partial charge is 0 e. The molecule has 0 rings (SSSR count). The Morgan fingerprint density at radius 2 is 1.38 bits per heavy atom. The second kappa shape index (κ2) is 18.5. The van der Waals surface area contributed by atoms with Gasteiger partial charge in [-0.1, -0.05) is 48.5 Å². The molecule has 0 aromatic heterocycles. The zero-order valence-corrected chi connectivity index (χ0v) is 17.9. The molecule has 0 aliphatic rings. The van der Waals surface area contributed by atoms with E-state index in [2.05, 4.69) is 54.5 Å². The minimum absolute atomic E-state index is 0. The number of rotatable bonds is 4. The molecule has 16 heavy (non-hydrogen) atoms. The van der Waals surface area contributed by atoms with Gasteiger partial charge >= 0.3 is 0 Å². The minimum atomic E-state index is 0. The molecule has 98 valence electrons. The van der Waals surface area contributed by atoms with Crippen LogP contribution < -0.4 is 0 Å². The first-order valence-electron chi connectivity index (χ1n) is 5.88. The first-order chi connectivity index (χ1) is 6.49. The Morgan fingerprint density at radius 1 is 1.00 bits per heavy atom. The van der Waals surface area contributed by atoms with E-state index in [4.69, 9.17) is 0 Å². The Balaban J connectivity index is -0.0000000825.